The van der Waals surface area contributed by atoms with E-state index in [9.17, 15) is 8.78 Å². The molecule has 1 nitrogen and oxygen atoms in total. The highest BCUT2D eigenvalue weighted by Crippen LogP contribution is 2.36. The number of hydrogen-bond acceptors (Lipinski definition) is 0. The zero-order valence-electron chi connectivity index (χ0n) is 14.7. The van der Waals surface area contributed by atoms with Gasteiger partial charge in [-0.1, -0.05) is 30.3 Å². The Morgan fingerprint density at radius 2 is 1.19 bits per heavy atom. The van der Waals surface area contributed by atoms with Crippen LogP contribution in [0.5, 0.6) is 0 Å². The maximum atomic E-state index is 13.4. The van der Waals surface area contributed by atoms with Crippen molar-refractivity contribution in [3.8, 4) is 33.8 Å². The fourth-order valence-corrected chi connectivity index (χ4v) is 3.13. The third-order valence-corrected chi connectivity index (χ3v) is 4.55. The molecule has 1 aromatic heterocycles. The Kier molecular flexibility index (Phi) is 4.51. The van der Waals surface area contributed by atoms with E-state index in [1.54, 1.807) is 24.3 Å². The summed E-state index contributed by atoms with van der Waals surface area (Å²) in [5.41, 5.74) is 4.59. The lowest BCUT2D eigenvalue weighted by molar-refractivity contribution is 0.577. The zero-order chi connectivity index (χ0) is 18.8. The fourth-order valence-electron chi connectivity index (χ4n) is 3.13. The van der Waals surface area contributed by atoms with Gasteiger partial charge in [0.2, 0.25) is 0 Å². The molecule has 1 heterocycles. The Morgan fingerprint density at radius 1 is 0.630 bits per heavy atom. The highest BCUT2D eigenvalue weighted by atomic mass is 19.1. The van der Waals surface area contributed by atoms with Crippen LogP contribution in [-0.4, -0.2) is 0 Å². The van der Waals surface area contributed by atoms with Crippen LogP contribution in [0.15, 0.2) is 89.3 Å². The van der Waals surface area contributed by atoms with E-state index in [-0.39, 0.29) is 11.6 Å². The van der Waals surface area contributed by atoms with Crippen molar-refractivity contribution < 1.29 is 13.2 Å². The third-order valence-electron chi connectivity index (χ3n) is 4.55. The molecule has 0 fully saturated rings. The van der Waals surface area contributed by atoms with Crippen molar-refractivity contribution in [2.24, 2.45) is 0 Å². The van der Waals surface area contributed by atoms with Gasteiger partial charge in [0.25, 0.3) is 0 Å². The molecule has 0 aliphatic carbocycles. The smallest absolute Gasteiger partial charge is 0.207 e. The molecule has 132 valence electrons. The first-order chi connectivity index (χ1) is 13.1. The molecule has 0 N–H and O–H groups in total. The topological polar surface area (TPSA) is 11.3 Å². The molecule has 0 unspecified atom stereocenters. The molecular formula is C24H17F2O+. The van der Waals surface area contributed by atoms with E-state index in [2.05, 4.69) is 0 Å². The molecule has 0 atom stereocenters. The van der Waals surface area contributed by atoms with E-state index in [4.69, 9.17) is 4.42 Å². The van der Waals surface area contributed by atoms with Crippen molar-refractivity contribution in [3.05, 3.63) is 102 Å². The summed E-state index contributed by atoms with van der Waals surface area (Å²) in [5.74, 6) is 0.691. The van der Waals surface area contributed by atoms with E-state index in [0.29, 0.717) is 11.5 Å². The molecule has 0 amide bonds. The lowest BCUT2D eigenvalue weighted by Gasteiger charge is -2.06. The zero-order valence-corrected chi connectivity index (χ0v) is 14.7. The van der Waals surface area contributed by atoms with Gasteiger partial charge in [-0.25, -0.2) is 13.2 Å². The van der Waals surface area contributed by atoms with E-state index in [0.717, 1.165) is 27.8 Å². The van der Waals surface area contributed by atoms with Gasteiger partial charge in [-0.2, -0.15) is 0 Å². The quantitative estimate of drug-likeness (QED) is 0.354. The minimum Gasteiger partial charge on any atom is -0.207 e. The van der Waals surface area contributed by atoms with Crippen LogP contribution in [0, 0.1) is 18.6 Å². The summed E-state index contributed by atoms with van der Waals surface area (Å²) in [6.45, 7) is 1.99. The maximum absolute atomic E-state index is 13.4. The van der Waals surface area contributed by atoms with E-state index in [1.165, 1.54) is 24.3 Å². The van der Waals surface area contributed by atoms with Crippen LogP contribution in [0.25, 0.3) is 33.8 Å². The van der Waals surface area contributed by atoms with Gasteiger partial charge in [0.1, 0.15) is 11.6 Å². The summed E-state index contributed by atoms with van der Waals surface area (Å²) in [5, 5.41) is 0. The molecule has 0 aliphatic rings. The normalized spacial score (nSPS) is 10.8. The first-order valence-corrected chi connectivity index (χ1v) is 8.67. The highest BCUT2D eigenvalue weighted by molar-refractivity contribution is 5.78. The molecule has 3 aromatic carbocycles. The number of rotatable bonds is 3. The van der Waals surface area contributed by atoms with Gasteiger partial charge >= 0.3 is 11.5 Å². The molecule has 0 bridgehead atoms. The summed E-state index contributed by atoms with van der Waals surface area (Å²) in [6, 6.07) is 24.4. The Labute approximate surface area is 156 Å². The van der Waals surface area contributed by atoms with Gasteiger partial charge in [0.05, 0.1) is 22.8 Å². The lowest BCUT2D eigenvalue weighted by atomic mass is 9.96. The number of hydrogen-bond donors (Lipinski definition) is 0. The van der Waals surface area contributed by atoms with Crippen molar-refractivity contribution >= 4 is 0 Å². The third kappa shape index (κ3) is 3.49. The summed E-state index contributed by atoms with van der Waals surface area (Å²) < 4.78 is 32.9. The molecule has 27 heavy (non-hydrogen) atoms. The van der Waals surface area contributed by atoms with Gasteiger partial charge in [-0.05, 0) is 61.0 Å². The summed E-state index contributed by atoms with van der Waals surface area (Å²) in [4.78, 5) is 0. The summed E-state index contributed by atoms with van der Waals surface area (Å²) >= 11 is 0. The van der Waals surface area contributed by atoms with Crippen LogP contribution in [0.1, 0.15) is 5.56 Å². The standard InChI is InChI=1S/C24H17F2O/c1-16-22(17-5-3-2-4-6-17)15-23(18-7-11-20(25)12-8-18)27-24(16)19-9-13-21(26)14-10-19/h2-15H,1H3/q+1. The molecule has 0 spiro atoms. The van der Waals surface area contributed by atoms with Crippen LogP contribution in [0.3, 0.4) is 0 Å². The second-order valence-electron chi connectivity index (χ2n) is 6.36. The highest BCUT2D eigenvalue weighted by Gasteiger charge is 2.25. The van der Waals surface area contributed by atoms with E-state index in [1.807, 2.05) is 43.3 Å². The average Bonchev–Trinajstić information content (AvgIpc) is 2.70. The second-order valence-corrected chi connectivity index (χ2v) is 6.36. The molecule has 0 saturated carbocycles. The molecule has 0 radical (unpaired) electrons. The van der Waals surface area contributed by atoms with Crippen LogP contribution in [-0.2, 0) is 0 Å². The van der Waals surface area contributed by atoms with Gasteiger partial charge in [-0.3, -0.25) is 0 Å². The maximum Gasteiger partial charge on any atom is 0.364 e. The number of halogens is 2. The monoisotopic (exact) mass is 359 g/mol. The lowest BCUT2D eigenvalue weighted by Crippen LogP contribution is -1.92. The average molecular weight is 359 g/mol. The van der Waals surface area contributed by atoms with Gasteiger partial charge in [-0.15, -0.1) is 0 Å². The van der Waals surface area contributed by atoms with E-state index >= 15 is 0 Å². The van der Waals surface area contributed by atoms with Crippen LogP contribution >= 0.6 is 0 Å². The SMILES string of the molecule is Cc1c(-c2ccccc2)cc(-c2ccc(F)cc2)[o+]c1-c1ccc(F)cc1. The Balaban J connectivity index is 1.96. The van der Waals surface area contributed by atoms with Crippen molar-refractivity contribution in [2.45, 2.75) is 6.92 Å². The Hall–Kier alpha value is -3.33. The fraction of sp³-hybridized carbons (Fsp3) is 0.0417. The summed E-state index contributed by atoms with van der Waals surface area (Å²) in [6.07, 6.45) is 0. The van der Waals surface area contributed by atoms with Crippen molar-refractivity contribution in [3.63, 3.8) is 0 Å². The Bertz CT molecular complexity index is 1070. The van der Waals surface area contributed by atoms with Crippen molar-refractivity contribution in [2.75, 3.05) is 0 Å². The van der Waals surface area contributed by atoms with Crippen LogP contribution < -0.4 is 0 Å². The van der Waals surface area contributed by atoms with Gasteiger partial charge in [0, 0.05) is 5.56 Å². The van der Waals surface area contributed by atoms with E-state index < -0.39 is 0 Å². The molecule has 4 aromatic rings. The van der Waals surface area contributed by atoms with Crippen LogP contribution in [0.2, 0.25) is 0 Å². The predicted octanol–water partition coefficient (Wildman–Crippen LogP) is 7.15. The Morgan fingerprint density at radius 3 is 1.78 bits per heavy atom. The summed E-state index contributed by atoms with van der Waals surface area (Å²) in [7, 11) is 0. The first-order valence-electron chi connectivity index (χ1n) is 8.67. The molecular weight excluding hydrogens is 342 g/mol. The first kappa shape index (κ1) is 17.1. The van der Waals surface area contributed by atoms with Crippen LogP contribution in [0.4, 0.5) is 8.78 Å². The predicted molar refractivity (Wildman–Crippen MR) is 104 cm³/mol. The molecule has 0 aliphatic heterocycles. The largest absolute Gasteiger partial charge is 0.364 e. The second kappa shape index (κ2) is 7.12. The minimum atomic E-state index is -0.298. The van der Waals surface area contributed by atoms with Crippen molar-refractivity contribution in [1.82, 2.24) is 0 Å². The number of benzene rings is 3. The van der Waals surface area contributed by atoms with Crippen molar-refractivity contribution in [1.29, 1.82) is 0 Å². The molecule has 3 heteroatoms. The van der Waals surface area contributed by atoms with Gasteiger partial charge in [0.15, 0.2) is 0 Å². The molecule has 4 rings (SSSR count). The van der Waals surface area contributed by atoms with Gasteiger partial charge < -0.3 is 0 Å². The molecule has 0 saturated heterocycles. The minimum absolute atomic E-state index is 0.297.